The van der Waals surface area contributed by atoms with Gasteiger partial charge in [-0.05, 0) is 58.7 Å². The minimum atomic E-state index is -0.470. The standard InChI is InChI=1S/C13H10BrFN2S/c1-8-4-9(15)6-10(5-8)17-11(7-16)12-2-3-13(14)18-12/h2-6,11,17H,1H3. The number of nitrogens with zero attached hydrogens (tertiary/aromatic N) is 1. The van der Waals surface area contributed by atoms with E-state index < -0.39 is 6.04 Å². The van der Waals surface area contributed by atoms with Crippen molar-refractivity contribution >= 4 is 33.0 Å². The summed E-state index contributed by atoms with van der Waals surface area (Å²) in [7, 11) is 0. The van der Waals surface area contributed by atoms with Gasteiger partial charge >= 0.3 is 0 Å². The molecule has 1 N–H and O–H groups in total. The number of halogens is 2. The molecule has 0 aliphatic rings. The van der Waals surface area contributed by atoms with Crippen molar-refractivity contribution in [1.82, 2.24) is 0 Å². The zero-order chi connectivity index (χ0) is 13.1. The van der Waals surface area contributed by atoms with E-state index in [1.165, 1.54) is 23.5 Å². The Kier molecular flexibility index (Phi) is 4.00. The minimum absolute atomic E-state index is 0.304. The monoisotopic (exact) mass is 324 g/mol. The van der Waals surface area contributed by atoms with E-state index in [4.69, 9.17) is 0 Å². The van der Waals surface area contributed by atoms with Gasteiger partial charge in [-0.15, -0.1) is 11.3 Å². The Labute approximate surface area is 117 Å². The second-order valence-electron chi connectivity index (χ2n) is 3.87. The molecule has 92 valence electrons. The first-order chi connectivity index (χ1) is 8.58. The lowest BCUT2D eigenvalue weighted by atomic mass is 10.2. The highest BCUT2D eigenvalue weighted by molar-refractivity contribution is 9.11. The van der Waals surface area contributed by atoms with Crippen LogP contribution in [0.1, 0.15) is 16.5 Å². The van der Waals surface area contributed by atoms with Crippen molar-refractivity contribution in [2.75, 3.05) is 5.32 Å². The Balaban J connectivity index is 2.23. The second kappa shape index (κ2) is 5.51. The van der Waals surface area contributed by atoms with Gasteiger partial charge in [-0.3, -0.25) is 0 Å². The fourth-order valence-corrected chi connectivity index (χ4v) is 3.06. The highest BCUT2D eigenvalue weighted by Crippen LogP contribution is 2.29. The third-order valence-corrected chi connectivity index (χ3v) is 4.05. The van der Waals surface area contributed by atoms with E-state index in [2.05, 4.69) is 27.3 Å². The van der Waals surface area contributed by atoms with Gasteiger partial charge in [-0.2, -0.15) is 5.26 Å². The quantitative estimate of drug-likeness (QED) is 0.893. The molecular formula is C13H10BrFN2S. The number of nitrogens with one attached hydrogen (secondary N) is 1. The topological polar surface area (TPSA) is 35.8 Å². The molecule has 1 heterocycles. The van der Waals surface area contributed by atoms with Crippen LogP contribution in [0.5, 0.6) is 0 Å². The molecule has 5 heteroatoms. The van der Waals surface area contributed by atoms with Gasteiger partial charge in [0, 0.05) is 10.6 Å². The maximum atomic E-state index is 13.3. The summed E-state index contributed by atoms with van der Waals surface area (Å²) in [6.07, 6.45) is 0. The molecule has 18 heavy (non-hydrogen) atoms. The molecular weight excluding hydrogens is 315 g/mol. The van der Waals surface area contributed by atoms with Crippen LogP contribution >= 0.6 is 27.3 Å². The molecule has 0 bridgehead atoms. The SMILES string of the molecule is Cc1cc(F)cc(NC(C#N)c2ccc(Br)s2)c1. The van der Waals surface area contributed by atoms with Gasteiger partial charge in [0.15, 0.2) is 0 Å². The summed E-state index contributed by atoms with van der Waals surface area (Å²) in [6, 6.07) is 10.1. The lowest BCUT2D eigenvalue weighted by Crippen LogP contribution is -2.07. The number of aryl methyl sites for hydroxylation is 1. The van der Waals surface area contributed by atoms with Crippen molar-refractivity contribution < 1.29 is 4.39 Å². The first-order valence-electron chi connectivity index (χ1n) is 5.27. The molecule has 1 unspecified atom stereocenters. The Hall–Kier alpha value is -1.38. The van der Waals surface area contributed by atoms with Gasteiger partial charge in [0.2, 0.25) is 0 Å². The molecule has 2 rings (SSSR count). The number of thiophene rings is 1. The van der Waals surface area contributed by atoms with E-state index in [0.717, 1.165) is 14.2 Å². The molecule has 0 saturated carbocycles. The molecule has 0 fully saturated rings. The summed E-state index contributed by atoms with van der Waals surface area (Å²) in [4.78, 5) is 0.895. The molecule has 0 saturated heterocycles. The number of nitriles is 1. The van der Waals surface area contributed by atoms with Gasteiger partial charge in [0.05, 0.1) is 9.86 Å². The number of anilines is 1. The van der Waals surface area contributed by atoms with Crippen LogP contribution in [0.2, 0.25) is 0 Å². The van der Waals surface area contributed by atoms with Gasteiger partial charge in [0.1, 0.15) is 11.9 Å². The molecule has 1 aromatic carbocycles. The predicted molar refractivity (Wildman–Crippen MR) is 75.1 cm³/mol. The predicted octanol–water partition coefficient (Wildman–Crippen LogP) is 4.63. The van der Waals surface area contributed by atoms with E-state index in [-0.39, 0.29) is 5.82 Å². The van der Waals surface area contributed by atoms with Crippen molar-refractivity contribution in [2.24, 2.45) is 0 Å². The average molecular weight is 325 g/mol. The van der Waals surface area contributed by atoms with Crippen molar-refractivity contribution in [2.45, 2.75) is 13.0 Å². The van der Waals surface area contributed by atoms with Gasteiger partial charge < -0.3 is 5.32 Å². The Bertz CT molecular complexity index is 583. The van der Waals surface area contributed by atoms with Crippen LogP contribution < -0.4 is 5.32 Å². The van der Waals surface area contributed by atoms with E-state index in [0.29, 0.717) is 5.69 Å². The molecule has 2 nitrogen and oxygen atoms in total. The fourth-order valence-electron chi connectivity index (χ4n) is 1.64. The first kappa shape index (κ1) is 13.1. The lowest BCUT2D eigenvalue weighted by Gasteiger charge is -2.12. The average Bonchev–Trinajstić information content (AvgIpc) is 2.71. The van der Waals surface area contributed by atoms with Crippen LogP contribution in [-0.4, -0.2) is 0 Å². The van der Waals surface area contributed by atoms with E-state index in [1.54, 1.807) is 0 Å². The van der Waals surface area contributed by atoms with Gasteiger partial charge in [0.25, 0.3) is 0 Å². The van der Waals surface area contributed by atoms with Crippen LogP contribution in [0.25, 0.3) is 0 Å². The third kappa shape index (κ3) is 3.09. The normalized spacial score (nSPS) is 11.9. The number of benzene rings is 1. The molecule has 1 aromatic heterocycles. The number of hydrogen-bond donors (Lipinski definition) is 1. The zero-order valence-corrected chi connectivity index (χ0v) is 12.0. The van der Waals surface area contributed by atoms with E-state index in [9.17, 15) is 9.65 Å². The first-order valence-corrected chi connectivity index (χ1v) is 6.88. The number of hydrogen-bond acceptors (Lipinski definition) is 3. The maximum Gasteiger partial charge on any atom is 0.149 e. The molecule has 0 radical (unpaired) electrons. The second-order valence-corrected chi connectivity index (χ2v) is 6.36. The minimum Gasteiger partial charge on any atom is -0.365 e. The molecule has 2 aromatic rings. The summed E-state index contributed by atoms with van der Waals surface area (Å²) in [5.74, 6) is -0.304. The smallest absolute Gasteiger partial charge is 0.149 e. The van der Waals surface area contributed by atoms with Crippen molar-refractivity contribution in [3.05, 3.63) is 50.4 Å². The molecule has 0 spiro atoms. The highest BCUT2D eigenvalue weighted by Gasteiger charge is 2.13. The third-order valence-electron chi connectivity index (χ3n) is 2.36. The zero-order valence-electron chi connectivity index (χ0n) is 9.58. The van der Waals surface area contributed by atoms with Crippen LogP contribution in [-0.2, 0) is 0 Å². The van der Waals surface area contributed by atoms with Crippen LogP contribution in [0, 0.1) is 24.1 Å². The van der Waals surface area contributed by atoms with E-state index >= 15 is 0 Å². The Morgan fingerprint density at radius 3 is 2.72 bits per heavy atom. The largest absolute Gasteiger partial charge is 0.365 e. The number of rotatable bonds is 3. The Morgan fingerprint density at radius 2 is 2.17 bits per heavy atom. The Morgan fingerprint density at radius 1 is 1.39 bits per heavy atom. The van der Waals surface area contributed by atoms with Gasteiger partial charge in [-0.1, -0.05) is 0 Å². The molecule has 0 aliphatic carbocycles. The highest BCUT2D eigenvalue weighted by atomic mass is 79.9. The summed E-state index contributed by atoms with van der Waals surface area (Å²) in [5, 5.41) is 12.2. The summed E-state index contributed by atoms with van der Waals surface area (Å²) in [5.41, 5.74) is 1.44. The van der Waals surface area contributed by atoms with Crippen molar-refractivity contribution in [3.63, 3.8) is 0 Å². The maximum absolute atomic E-state index is 13.3. The van der Waals surface area contributed by atoms with Gasteiger partial charge in [-0.25, -0.2) is 4.39 Å². The van der Waals surface area contributed by atoms with Crippen LogP contribution in [0.3, 0.4) is 0 Å². The van der Waals surface area contributed by atoms with Crippen LogP contribution in [0.4, 0.5) is 10.1 Å². The molecule has 0 aliphatic heterocycles. The van der Waals surface area contributed by atoms with Crippen molar-refractivity contribution in [3.8, 4) is 6.07 Å². The van der Waals surface area contributed by atoms with Crippen LogP contribution in [0.15, 0.2) is 34.1 Å². The summed E-state index contributed by atoms with van der Waals surface area (Å²) < 4.78 is 14.2. The molecule has 0 amide bonds. The fraction of sp³-hybridized carbons (Fsp3) is 0.154. The summed E-state index contributed by atoms with van der Waals surface area (Å²) >= 11 is 4.85. The van der Waals surface area contributed by atoms with Crippen molar-refractivity contribution in [1.29, 1.82) is 5.26 Å². The lowest BCUT2D eigenvalue weighted by molar-refractivity contribution is 0.627. The summed E-state index contributed by atoms with van der Waals surface area (Å²) in [6.45, 7) is 1.82. The van der Waals surface area contributed by atoms with E-state index in [1.807, 2.05) is 25.1 Å². The molecule has 1 atom stereocenters.